The lowest BCUT2D eigenvalue weighted by Crippen LogP contribution is -2.20. The van der Waals surface area contributed by atoms with Gasteiger partial charge in [-0.2, -0.15) is 4.80 Å². The van der Waals surface area contributed by atoms with Gasteiger partial charge in [0.15, 0.2) is 5.82 Å². The first-order valence-corrected chi connectivity index (χ1v) is 9.47. The van der Waals surface area contributed by atoms with E-state index in [0.29, 0.717) is 28.4 Å². The second kappa shape index (κ2) is 8.57. The molecule has 0 bridgehead atoms. The standard InChI is InChI=1S/C21H19N7O3/c1-13-7-3-4-8-15(13)21(30)22-17-10-6-5-9-16(17)20-24-27-28(25-20)12-19(29)23-18-11-14(2)31-26-18/h3-11H,12H2,1-2H3,(H,22,30)(H,23,26,29). The van der Waals surface area contributed by atoms with Crippen LogP contribution in [-0.2, 0) is 11.3 Å². The van der Waals surface area contributed by atoms with Gasteiger partial charge in [-0.3, -0.25) is 9.59 Å². The van der Waals surface area contributed by atoms with E-state index < -0.39 is 0 Å². The summed E-state index contributed by atoms with van der Waals surface area (Å²) in [6.45, 7) is 3.44. The topological polar surface area (TPSA) is 128 Å². The van der Waals surface area contributed by atoms with Gasteiger partial charge in [0.05, 0.1) is 5.69 Å². The summed E-state index contributed by atoms with van der Waals surface area (Å²) in [6.07, 6.45) is 0. The Balaban J connectivity index is 1.49. The Kier molecular flexibility index (Phi) is 5.52. The van der Waals surface area contributed by atoms with Crippen molar-refractivity contribution < 1.29 is 14.1 Å². The van der Waals surface area contributed by atoms with Gasteiger partial charge in [-0.1, -0.05) is 35.5 Å². The number of carbonyl (C=O) groups excluding carboxylic acids is 2. The lowest BCUT2D eigenvalue weighted by Gasteiger charge is -2.10. The number of tetrazole rings is 1. The molecule has 156 valence electrons. The Morgan fingerprint density at radius 3 is 2.58 bits per heavy atom. The summed E-state index contributed by atoms with van der Waals surface area (Å²) in [4.78, 5) is 26.0. The Morgan fingerprint density at radius 1 is 1.03 bits per heavy atom. The van der Waals surface area contributed by atoms with Crippen molar-refractivity contribution >= 4 is 23.3 Å². The van der Waals surface area contributed by atoms with Gasteiger partial charge >= 0.3 is 0 Å². The molecule has 2 aromatic heterocycles. The smallest absolute Gasteiger partial charge is 0.255 e. The van der Waals surface area contributed by atoms with Gasteiger partial charge < -0.3 is 15.2 Å². The van der Waals surface area contributed by atoms with E-state index in [-0.39, 0.29) is 24.2 Å². The van der Waals surface area contributed by atoms with Crippen LogP contribution in [0.15, 0.2) is 59.1 Å². The van der Waals surface area contributed by atoms with Crippen LogP contribution in [0, 0.1) is 13.8 Å². The number of anilines is 2. The van der Waals surface area contributed by atoms with Gasteiger partial charge in [-0.25, -0.2) is 0 Å². The Labute approximate surface area is 177 Å². The molecule has 0 aliphatic carbocycles. The summed E-state index contributed by atoms with van der Waals surface area (Å²) in [5, 5.41) is 21.4. The third-order valence-corrected chi connectivity index (χ3v) is 4.44. The highest BCUT2D eigenvalue weighted by Crippen LogP contribution is 2.25. The average Bonchev–Trinajstić information content (AvgIpc) is 3.37. The van der Waals surface area contributed by atoms with Crippen molar-refractivity contribution in [2.24, 2.45) is 0 Å². The molecule has 2 heterocycles. The molecule has 2 aromatic carbocycles. The number of para-hydroxylation sites is 1. The van der Waals surface area contributed by atoms with Crippen LogP contribution in [0.2, 0.25) is 0 Å². The highest BCUT2D eigenvalue weighted by Gasteiger charge is 2.16. The quantitative estimate of drug-likeness (QED) is 0.494. The van der Waals surface area contributed by atoms with E-state index >= 15 is 0 Å². The summed E-state index contributed by atoms with van der Waals surface area (Å²) in [7, 11) is 0. The van der Waals surface area contributed by atoms with Crippen LogP contribution in [0.5, 0.6) is 0 Å². The summed E-state index contributed by atoms with van der Waals surface area (Å²) in [5.41, 5.74) is 2.57. The molecule has 0 saturated heterocycles. The number of nitrogens with zero attached hydrogens (tertiary/aromatic N) is 5. The largest absolute Gasteiger partial charge is 0.360 e. The SMILES string of the molecule is Cc1cc(NC(=O)Cn2nnc(-c3ccccc3NC(=O)c3ccccc3C)n2)no1. The molecular formula is C21H19N7O3. The molecule has 2 amide bonds. The zero-order valence-electron chi connectivity index (χ0n) is 16.9. The average molecular weight is 417 g/mol. The summed E-state index contributed by atoms with van der Waals surface area (Å²) < 4.78 is 4.91. The van der Waals surface area contributed by atoms with Crippen molar-refractivity contribution in [3.05, 3.63) is 71.5 Å². The molecule has 4 aromatic rings. The van der Waals surface area contributed by atoms with E-state index in [2.05, 4.69) is 31.2 Å². The third-order valence-electron chi connectivity index (χ3n) is 4.44. The number of carbonyl (C=O) groups is 2. The normalized spacial score (nSPS) is 10.6. The van der Waals surface area contributed by atoms with Gasteiger partial charge in [-0.15, -0.1) is 10.2 Å². The Morgan fingerprint density at radius 2 is 1.81 bits per heavy atom. The molecule has 10 heteroatoms. The fourth-order valence-electron chi connectivity index (χ4n) is 2.96. The molecule has 31 heavy (non-hydrogen) atoms. The zero-order valence-corrected chi connectivity index (χ0v) is 16.9. The summed E-state index contributed by atoms with van der Waals surface area (Å²) >= 11 is 0. The molecular weight excluding hydrogens is 398 g/mol. The predicted molar refractivity (Wildman–Crippen MR) is 112 cm³/mol. The molecule has 0 aliphatic rings. The van der Waals surface area contributed by atoms with E-state index in [1.54, 1.807) is 43.3 Å². The maximum atomic E-state index is 12.7. The Bertz CT molecular complexity index is 1250. The van der Waals surface area contributed by atoms with Crippen molar-refractivity contribution in [2.45, 2.75) is 20.4 Å². The number of nitrogens with one attached hydrogen (secondary N) is 2. The number of rotatable bonds is 6. The van der Waals surface area contributed by atoms with E-state index in [1.165, 1.54) is 0 Å². The highest BCUT2D eigenvalue weighted by atomic mass is 16.5. The molecule has 10 nitrogen and oxygen atoms in total. The van der Waals surface area contributed by atoms with Crippen LogP contribution in [0.25, 0.3) is 11.4 Å². The summed E-state index contributed by atoms with van der Waals surface area (Å²) in [6, 6.07) is 16.1. The van der Waals surface area contributed by atoms with Crippen molar-refractivity contribution in [1.29, 1.82) is 0 Å². The van der Waals surface area contributed by atoms with Crippen LogP contribution < -0.4 is 10.6 Å². The van der Waals surface area contributed by atoms with Crippen LogP contribution in [-0.4, -0.2) is 37.2 Å². The molecule has 2 N–H and O–H groups in total. The molecule has 0 spiro atoms. The first-order chi connectivity index (χ1) is 15.0. The first-order valence-electron chi connectivity index (χ1n) is 9.47. The number of hydrogen-bond donors (Lipinski definition) is 2. The minimum absolute atomic E-state index is 0.156. The van der Waals surface area contributed by atoms with E-state index in [9.17, 15) is 9.59 Å². The summed E-state index contributed by atoms with van der Waals surface area (Å²) in [5.74, 6) is 0.567. The van der Waals surface area contributed by atoms with Crippen molar-refractivity contribution in [3.63, 3.8) is 0 Å². The predicted octanol–water partition coefficient (Wildman–Crippen LogP) is 2.84. The minimum atomic E-state index is -0.376. The number of hydrogen-bond acceptors (Lipinski definition) is 7. The second-order valence-corrected chi connectivity index (χ2v) is 6.83. The van der Waals surface area contributed by atoms with E-state index in [1.807, 2.05) is 25.1 Å². The monoisotopic (exact) mass is 417 g/mol. The van der Waals surface area contributed by atoms with Gasteiger partial charge in [0, 0.05) is 17.2 Å². The molecule has 0 saturated carbocycles. The molecule has 0 atom stereocenters. The van der Waals surface area contributed by atoms with E-state index in [0.717, 1.165) is 10.4 Å². The van der Waals surface area contributed by atoms with Gasteiger partial charge in [0.2, 0.25) is 11.7 Å². The zero-order chi connectivity index (χ0) is 21.8. The number of benzene rings is 2. The number of amides is 2. The number of aromatic nitrogens is 5. The second-order valence-electron chi connectivity index (χ2n) is 6.83. The molecule has 0 unspecified atom stereocenters. The fraction of sp³-hybridized carbons (Fsp3) is 0.143. The maximum absolute atomic E-state index is 12.7. The van der Waals surface area contributed by atoms with Gasteiger partial charge in [0.1, 0.15) is 12.3 Å². The third kappa shape index (κ3) is 4.64. The molecule has 0 aliphatic heterocycles. The van der Waals surface area contributed by atoms with Crippen molar-refractivity contribution in [1.82, 2.24) is 25.4 Å². The number of aryl methyl sites for hydroxylation is 2. The van der Waals surface area contributed by atoms with Crippen molar-refractivity contribution in [2.75, 3.05) is 10.6 Å². The lowest BCUT2D eigenvalue weighted by atomic mass is 10.1. The fourth-order valence-corrected chi connectivity index (χ4v) is 2.96. The maximum Gasteiger partial charge on any atom is 0.255 e. The van der Waals surface area contributed by atoms with Gasteiger partial charge in [0.25, 0.3) is 5.91 Å². The Hall–Kier alpha value is -4.34. The van der Waals surface area contributed by atoms with Crippen molar-refractivity contribution in [3.8, 4) is 11.4 Å². The first kappa shape index (κ1) is 20.0. The highest BCUT2D eigenvalue weighted by molar-refractivity contribution is 6.06. The molecule has 0 fully saturated rings. The molecule has 4 rings (SSSR count). The van der Waals surface area contributed by atoms with Crippen LogP contribution in [0.1, 0.15) is 21.7 Å². The molecule has 0 radical (unpaired) electrons. The van der Waals surface area contributed by atoms with Gasteiger partial charge in [-0.05, 0) is 42.8 Å². The lowest BCUT2D eigenvalue weighted by molar-refractivity contribution is -0.117. The van der Waals surface area contributed by atoms with Crippen LogP contribution >= 0.6 is 0 Å². The van der Waals surface area contributed by atoms with Crippen LogP contribution in [0.3, 0.4) is 0 Å². The van der Waals surface area contributed by atoms with E-state index in [4.69, 9.17) is 4.52 Å². The van der Waals surface area contributed by atoms with Crippen LogP contribution in [0.4, 0.5) is 11.5 Å². The minimum Gasteiger partial charge on any atom is -0.360 e.